The Labute approximate surface area is 166 Å². The zero-order valence-electron chi connectivity index (χ0n) is 15.3. The summed E-state index contributed by atoms with van der Waals surface area (Å²) in [5.74, 6) is 0.539. The van der Waals surface area contributed by atoms with E-state index in [0.717, 1.165) is 5.56 Å². The molecule has 28 heavy (non-hydrogen) atoms. The van der Waals surface area contributed by atoms with Gasteiger partial charge in [-0.1, -0.05) is 23.9 Å². The third-order valence-electron chi connectivity index (χ3n) is 3.82. The van der Waals surface area contributed by atoms with Crippen LogP contribution in [0.5, 0.6) is 11.5 Å². The highest BCUT2D eigenvalue weighted by Gasteiger charge is 2.10. The molecule has 2 aromatic carbocycles. The Morgan fingerprint density at radius 3 is 2.50 bits per heavy atom. The Bertz CT molecular complexity index is 967. The van der Waals surface area contributed by atoms with Gasteiger partial charge in [-0.3, -0.25) is 4.79 Å². The number of nitrogens with zero attached hydrogens (tertiary/aromatic N) is 2. The van der Waals surface area contributed by atoms with Crippen LogP contribution in [-0.2, 0) is 4.79 Å². The van der Waals surface area contributed by atoms with Crippen LogP contribution in [-0.4, -0.2) is 36.1 Å². The van der Waals surface area contributed by atoms with Gasteiger partial charge in [0.05, 0.1) is 31.4 Å². The van der Waals surface area contributed by atoms with Gasteiger partial charge in [-0.05, 0) is 42.5 Å². The summed E-state index contributed by atoms with van der Waals surface area (Å²) in [4.78, 5) is 12.0. The number of carbonyl (C=O) groups excluding carboxylic acids is 1. The molecular formula is C20H18FN3O3S. The van der Waals surface area contributed by atoms with Crippen molar-refractivity contribution in [1.82, 2.24) is 10.2 Å². The average molecular weight is 399 g/mol. The van der Waals surface area contributed by atoms with Crippen molar-refractivity contribution >= 4 is 23.4 Å². The third-order valence-corrected chi connectivity index (χ3v) is 4.74. The van der Waals surface area contributed by atoms with Crippen LogP contribution < -0.4 is 14.8 Å². The molecule has 3 aromatic rings. The van der Waals surface area contributed by atoms with E-state index in [2.05, 4.69) is 15.5 Å². The van der Waals surface area contributed by atoms with E-state index in [4.69, 9.17) is 9.47 Å². The minimum Gasteiger partial charge on any atom is -0.493 e. The number of para-hydroxylation sites is 1. The Hall–Kier alpha value is -3.13. The number of benzene rings is 2. The van der Waals surface area contributed by atoms with Crippen molar-refractivity contribution in [3.63, 3.8) is 0 Å². The second-order valence-electron chi connectivity index (χ2n) is 5.64. The maximum absolute atomic E-state index is 13.6. The molecule has 0 atom stereocenters. The number of halogens is 1. The van der Waals surface area contributed by atoms with Gasteiger partial charge >= 0.3 is 0 Å². The number of hydrogen-bond acceptors (Lipinski definition) is 6. The van der Waals surface area contributed by atoms with Gasteiger partial charge in [0.2, 0.25) is 5.91 Å². The number of methoxy groups -OCH3 is 2. The summed E-state index contributed by atoms with van der Waals surface area (Å²) in [7, 11) is 3.14. The molecule has 1 heterocycles. The maximum atomic E-state index is 13.6. The fourth-order valence-corrected chi connectivity index (χ4v) is 3.05. The third kappa shape index (κ3) is 4.77. The van der Waals surface area contributed by atoms with Gasteiger partial charge in [-0.25, -0.2) is 4.39 Å². The molecule has 0 saturated carbocycles. The minimum absolute atomic E-state index is 0.0960. The van der Waals surface area contributed by atoms with E-state index in [1.165, 1.54) is 23.9 Å². The Balaban J connectivity index is 1.62. The zero-order valence-corrected chi connectivity index (χ0v) is 16.1. The van der Waals surface area contributed by atoms with E-state index in [0.29, 0.717) is 22.2 Å². The first kappa shape index (κ1) is 19.6. The number of thioether (sulfide) groups is 1. The lowest BCUT2D eigenvalue weighted by Gasteiger charge is -2.09. The van der Waals surface area contributed by atoms with Gasteiger partial charge in [-0.15, -0.1) is 10.2 Å². The largest absolute Gasteiger partial charge is 0.493 e. The molecule has 0 saturated heterocycles. The number of aromatic nitrogens is 2. The Morgan fingerprint density at radius 1 is 1.04 bits per heavy atom. The molecule has 0 aliphatic carbocycles. The fourth-order valence-electron chi connectivity index (χ4n) is 2.43. The van der Waals surface area contributed by atoms with Crippen molar-refractivity contribution in [3.05, 3.63) is 60.4 Å². The average Bonchev–Trinajstić information content (AvgIpc) is 2.74. The van der Waals surface area contributed by atoms with Crippen molar-refractivity contribution in [2.24, 2.45) is 0 Å². The van der Waals surface area contributed by atoms with Gasteiger partial charge < -0.3 is 14.8 Å². The van der Waals surface area contributed by atoms with E-state index in [1.54, 1.807) is 38.5 Å². The topological polar surface area (TPSA) is 73.3 Å². The van der Waals surface area contributed by atoms with E-state index in [9.17, 15) is 9.18 Å². The molecule has 0 aliphatic rings. The molecule has 0 bridgehead atoms. The normalized spacial score (nSPS) is 10.4. The number of hydrogen-bond donors (Lipinski definition) is 1. The van der Waals surface area contributed by atoms with Crippen molar-refractivity contribution in [3.8, 4) is 22.8 Å². The van der Waals surface area contributed by atoms with Crippen LogP contribution in [0.3, 0.4) is 0 Å². The van der Waals surface area contributed by atoms with Crippen LogP contribution >= 0.6 is 11.8 Å². The van der Waals surface area contributed by atoms with E-state index in [1.807, 2.05) is 18.2 Å². The standard InChI is InChI=1S/C20H18FN3O3S/c1-26-17-9-7-13(11-18(17)27-2)15-8-10-20(24-23-15)28-12-19(25)22-16-6-4-3-5-14(16)21/h3-11H,12H2,1-2H3,(H,22,25). The van der Waals surface area contributed by atoms with E-state index in [-0.39, 0.29) is 17.3 Å². The lowest BCUT2D eigenvalue weighted by atomic mass is 10.1. The zero-order chi connectivity index (χ0) is 19.9. The first-order valence-corrected chi connectivity index (χ1v) is 9.32. The lowest BCUT2D eigenvalue weighted by molar-refractivity contribution is -0.113. The van der Waals surface area contributed by atoms with Crippen LogP contribution in [0.1, 0.15) is 0 Å². The number of amides is 1. The number of carbonyl (C=O) groups is 1. The second-order valence-corrected chi connectivity index (χ2v) is 6.64. The first-order chi connectivity index (χ1) is 13.6. The van der Waals surface area contributed by atoms with Gasteiger partial charge in [0.15, 0.2) is 11.5 Å². The smallest absolute Gasteiger partial charge is 0.234 e. The van der Waals surface area contributed by atoms with Crippen LogP contribution in [0.15, 0.2) is 59.6 Å². The highest BCUT2D eigenvalue weighted by atomic mass is 32.2. The van der Waals surface area contributed by atoms with Crippen molar-refractivity contribution in [1.29, 1.82) is 0 Å². The molecule has 0 unspecified atom stereocenters. The highest BCUT2D eigenvalue weighted by Crippen LogP contribution is 2.31. The molecule has 0 fully saturated rings. The summed E-state index contributed by atoms with van der Waals surface area (Å²) in [5.41, 5.74) is 1.66. The monoisotopic (exact) mass is 399 g/mol. The quantitative estimate of drug-likeness (QED) is 0.605. The summed E-state index contributed by atoms with van der Waals surface area (Å²) in [6.07, 6.45) is 0. The summed E-state index contributed by atoms with van der Waals surface area (Å²) in [5, 5.41) is 11.5. The SMILES string of the molecule is COc1ccc(-c2ccc(SCC(=O)Nc3ccccc3F)nn2)cc1OC. The van der Waals surface area contributed by atoms with Gasteiger partial charge in [0, 0.05) is 5.56 Å². The van der Waals surface area contributed by atoms with E-state index < -0.39 is 5.82 Å². The summed E-state index contributed by atoms with van der Waals surface area (Å²) >= 11 is 1.22. The van der Waals surface area contributed by atoms with Crippen molar-refractivity contribution in [2.45, 2.75) is 5.03 Å². The Kier molecular flexibility index (Phi) is 6.44. The molecule has 0 radical (unpaired) electrons. The summed E-state index contributed by atoms with van der Waals surface area (Å²) in [6.45, 7) is 0. The number of ether oxygens (including phenoxy) is 2. The van der Waals surface area contributed by atoms with Crippen molar-refractivity contribution < 1.29 is 18.7 Å². The maximum Gasteiger partial charge on any atom is 0.234 e. The molecule has 3 rings (SSSR count). The molecule has 1 amide bonds. The van der Waals surface area contributed by atoms with Crippen molar-refractivity contribution in [2.75, 3.05) is 25.3 Å². The predicted molar refractivity (Wildman–Crippen MR) is 106 cm³/mol. The highest BCUT2D eigenvalue weighted by molar-refractivity contribution is 7.99. The van der Waals surface area contributed by atoms with E-state index >= 15 is 0 Å². The predicted octanol–water partition coefficient (Wildman–Crippen LogP) is 4.03. The number of anilines is 1. The minimum atomic E-state index is -0.472. The van der Waals surface area contributed by atoms with Crippen LogP contribution in [0.2, 0.25) is 0 Å². The Morgan fingerprint density at radius 2 is 1.82 bits per heavy atom. The fraction of sp³-hybridized carbons (Fsp3) is 0.150. The van der Waals surface area contributed by atoms with Crippen LogP contribution in [0, 0.1) is 5.82 Å². The molecule has 0 spiro atoms. The van der Waals surface area contributed by atoms with Crippen LogP contribution in [0.4, 0.5) is 10.1 Å². The first-order valence-electron chi connectivity index (χ1n) is 8.34. The van der Waals surface area contributed by atoms with Gasteiger partial charge in [-0.2, -0.15) is 0 Å². The molecular weight excluding hydrogens is 381 g/mol. The summed E-state index contributed by atoms with van der Waals surface area (Å²) in [6, 6.07) is 15.1. The number of rotatable bonds is 7. The second kappa shape index (κ2) is 9.18. The molecule has 1 aromatic heterocycles. The van der Waals surface area contributed by atoms with Gasteiger partial charge in [0.1, 0.15) is 10.8 Å². The lowest BCUT2D eigenvalue weighted by Crippen LogP contribution is -2.15. The van der Waals surface area contributed by atoms with Crippen LogP contribution in [0.25, 0.3) is 11.3 Å². The van der Waals surface area contributed by atoms with Gasteiger partial charge in [0.25, 0.3) is 0 Å². The molecule has 8 heteroatoms. The summed E-state index contributed by atoms with van der Waals surface area (Å²) < 4.78 is 24.1. The molecule has 6 nitrogen and oxygen atoms in total. The molecule has 0 aliphatic heterocycles. The molecule has 1 N–H and O–H groups in total. The number of nitrogens with one attached hydrogen (secondary N) is 1. The molecule has 144 valence electrons.